The molecule has 6 heteroatoms. The minimum atomic E-state index is -0.231. The van der Waals surface area contributed by atoms with Crippen molar-refractivity contribution in [3.05, 3.63) is 82.2 Å². The number of benzene rings is 2. The molecule has 5 nitrogen and oxygen atoms in total. The number of anilines is 1. The van der Waals surface area contributed by atoms with Crippen LogP contribution < -0.4 is 10.2 Å². The highest BCUT2D eigenvalue weighted by atomic mass is 32.1. The molecule has 0 fully saturated rings. The van der Waals surface area contributed by atoms with Crippen LogP contribution in [0.25, 0.3) is 0 Å². The fourth-order valence-corrected chi connectivity index (χ4v) is 3.23. The maximum Gasteiger partial charge on any atom is 0.265 e. The van der Waals surface area contributed by atoms with Gasteiger partial charge in [0.2, 0.25) is 5.91 Å². The lowest BCUT2D eigenvalue weighted by atomic mass is 10.1. The van der Waals surface area contributed by atoms with Crippen molar-refractivity contribution >= 4 is 29.0 Å². The first kappa shape index (κ1) is 17.8. The summed E-state index contributed by atoms with van der Waals surface area (Å²) in [5, 5.41) is 2.88. The summed E-state index contributed by atoms with van der Waals surface area (Å²) in [5.41, 5.74) is 3.52. The maximum atomic E-state index is 12.5. The molecule has 0 atom stereocenters. The van der Waals surface area contributed by atoms with Crippen LogP contribution in [-0.2, 0) is 17.8 Å². The third-order valence-electron chi connectivity index (χ3n) is 3.94. The monoisotopic (exact) mass is 365 g/mol. The molecule has 0 aliphatic rings. The van der Waals surface area contributed by atoms with Crippen LogP contribution in [0.5, 0.6) is 0 Å². The molecule has 0 aliphatic carbocycles. The van der Waals surface area contributed by atoms with Crippen LogP contribution in [0.4, 0.5) is 5.82 Å². The largest absolute Gasteiger partial charge is 0.347 e. The predicted molar refractivity (Wildman–Crippen MR) is 103 cm³/mol. The highest BCUT2D eigenvalue weighted by Crippen LogP contribution is 2.22. The first-order valence-electron chi connectivity index (χ1n) is 8.21. The molecule has 0 saturated carbocycles. The predicted octanol–water partition coefficient (Wildman–Crippen LogP) is 3.28. The van der Waals surface area contributed by atoms with E-state index in [0.29, 0.717) is 17.2 Å². The van der Waals surface area contributed by atoms with Crippen LogP contribution in [0, 0.1) is 0 Å². The Balaban J connectivity index is 1.67. The Morgan fingerprint density at radius 3 is 2.27 bits per heavy atom. The standard InChI is InChI=1S/C20H19N3O2S/c1-23(17(24)12-15-8-4-2-5-9-15)19-18(26-14-22-19)20(25)21-13-16-10-6-3-7-11-16/h2-11,14H,12-13H2,1H3,(H,21,25). The van der Waals surface area contributed by atoms with Crippen molar-refractivity contribution in [2.45, 2.75) is 13.0 Å². The molecule has 0 bridgehead atoms. The molecule has 132 valence electrons. The second-order valence-electron chi connectivity index (χ2n) is 5.79. The summed E-state index contributed by atoms with van der Waals surface area (Å²) >= 11 is 1.23. The lowest BCUT2D eigenvalue weighted by Crippen LogP contribution is -2.31. The van der Waals surface area contributed by atoms with E-state index in [4.69, 9.17) is 0 Å². The van der Waals surface area contributed by atoms with Gasteiger partial charge in [0.15, 0.2) is 5.82 Å². The molecule has 1 aromatic heterocycles. The van der Waals surface area contributed by atoms with Crippen molar-refractivity contribution in [3.8, 4) is 0 Å². The number of aromatic nitrogens is 1. The Hall–Kier alpha value is -2.99. The van der Waals surface area contributed by atoms with Crippen LogP contribution in [-0.4, -0.2) is 23.8 Å². The number of nitrogens with one attached hydrogen (secondary N) is 1. The molecule has 2 aromatic carbocycles. The van der Waals surface area contributed by atoms with Gasteiger partial charge in [0.25, 0.3) is 5.91 Å². The Kier molecular flexibility index (Phi) is 5.76. The fraction of sp³-hybridized carbons (Fsp3) is 0.150. The average molecular weight is 365 g/mol. The van der Waals surface area contributed by atoms with Gasteiger partial charge < -0.3 is 5.32 Å². The minimum absolute atomic E-state index is 0.112. The third kappa shape index (κ3) is 4.34. The molecule has 26 heavy (non-hydrogen) atoms. The van der Waals surface area contributed by atoms with Crippen LogP contribution >= 0.6 is 11.3 Å². The van der Waals surface area contributed by atoms with E-state index in [1.165, 1.54) is 16.2 Å². The van der Waals surface area contributed by atoms with Crippen LogP contribution in [0.1, 0.15) is 20.8 Å². The number of nitrogens with zero attached hydrogens (tertiary/aromatic N) is 2. The first-order valence-corrected chi connectivity index (χ1v) is 9.09. The second kappa shape index (κ2) is 8.40. The minimum Gasteiger partial charge on any atom is -0.347 e. The van der Waals surface area contributed by atoms with Crippen molar-refractivity contribution in [2.24, 2.45) is 0 Å². The van der Waals surface area contributed by atoms with Gasteiger partial charge in [-0.1, -0.05) is 60.7 Å². The molecular weight excluding hydrogens is 346 g/mol. The summed E-state index contributed by atoms with van der Waals surface area (Å²) in [6.45, 7) is 0.429. The number of hydrogen-bond acceptors (Lipinski definition) is 4. The summed E-state index contributed by atoms with van der Waals surface area (Å²) in [6.07, 6.45) is 0.264. The van der Waals surface area contributed by atoms with Gasteiger partial charge in [-0.15, -0.1) is 11.3 Å². The van der Waals surface area contributed by atoms with E-state index in [-0.39, 0.29) is 18.2 Å². The molecular formula is C20H19N3O2S. The van der Waals surface area contributed by atoms with Crippen molar-refractivity contribution in [1.29, 1.82) is 0 Å². The Labute approximate surface area is 156 Å². The van der Waals surface area contributed by atoms with Gasteiger partial charge in [0.05, 0.1) is 11.9 Å². The maximum absolute atomic E-state index is 12.5. The lowest BCUT2D eigenvalue weighted by molar-refractivity contribution is -0.117. The highest BCUT2D eigenvalue weighted by Gasteiger charge is 2.21. The number of rotatable bonds is 6. The number of amides is 2. The molecule has 3 rings (SSSR count). The summed E-state index contributed by atoms with van der Waals surface area (Å²) in [4.78, 5) is 31.1. The van der Waals surface area contributed by atoms with Crippen molar-refractivity contribution in [3.63, 3.8) is 0 Å². The number of hydrogen-bond donors (Lipinski definition) is 1. The molecule has 0 aliphatic heterocycles. The van der Waals surface area contributed by atoms with E-state index in [0.717, 1.165) is 11.1 Å². The topological polar surface area (TPSA) is 62.3 Å². The number of carbonyl (C=O) groups excluding carboxylic acids is 2. The molecule has 0 saturated heterocycles. The zero-order chi connectivity index (χ0) is 18.4. The molecule has 1 N–H and O–H groups in total. The summed E-state index contributed by atoms with van der Waals surface area (Å²) in [5.74, 6) is 0.0476. The van der Waals surface area contributed by atoms with E-state index < -0.39 is 0 Å². The molecule has 3 aromatic rings. The van der Waals surface area contributed by atoms with E-state index in [1.807, 2.05) is 60.7 Å². The zero-order valence-electron chi connectivity index (χ0n) is 14.4. The van der Waals surface area contributed by atoms with Gasteiger partial charge >= 0.3 is 0 Å². The number of thiazole rings is 1. The van der Waals surface area contributed by atoms with E-state index in [1.54, 1.807) is 12.6 Å². The van der Waals surface area contributed by atoms with Crippen LogP contribution in [0.2, 0.25) is 0 Å². The first-order chi connectivity index (χ1) is 12.6. The van der Waals surface area contributed by atoms with Crippen LogP contribution in [0.15, 0.2) is 66.2 Å². The molecule has 0 radical (unpaired) electrons. The molecule has 1 heterocycles. The molecule has 2 amide bonds. The normalized spacial score (nSPS) is 10.3. The quantitative estimate of drug-likeness (QED) is 0.729. The van der Waals surface area contributed by atoms with Crippen molar-refractivity contribution in [1.82, 2.24) is 10.3 Å². The van der Waals surface area contributed by atoms with E-state index >= 15 is 0 Å². The van der Waals surface area contributed by atoms with E-state index in [2.05, 4.69) is 10.3 Å². The van der Waals surface area contributed by atoms with Crippen LogP contribution in [0.3, 0.4) is 0 Å². The summed E-state index contributed by atoms with van der Waals surface area (Å²) < 4.78 is 0. The van der Waals surface area contributed by atoms with Gasteiger partial charge in [-0.3, -0.25) is 14.5 Å². The highest BCUT2D eigenvalue weighted by molar-refractivity contribution is 7.12. The van der Waals surface area contributed by atoms with Gasteiger partial charge in [-0.2, -0.15) is 0 Å². The second-order valence-corrected chi connectivity index (χ2v) is 6.64. The lowest BCUT2D eigenvalue weighted by Gasteiger charge is -2.16. The van der Waals surface area contributed by atoms with Gasteiger partial charge in [0, 0.05) is 13.6 Å². The summed E-state index contributed by atoms with van der Waals surface area (Å²) in [7, 11) is 1.65. The van der Waals surface area contributed by atoms with Crippen molar-refractivity contribution < 1.29 is 9.59 Å². The molecule has 0 unspecified atom stereocenters. The fourth-order valence-electron chi connectivity index (χ4n) is 2.50. The Morgan fingerprint density at radius 2 is 1.62 bits per heavy atom. The van der Waals surface area contributed by atoms with Gasteiger partial charge in [0.1, 0.15) is 4.88 Å². The van der Waals surface area contributed by atoms with E-state index in [9.17, 15) is 9.59 Å². The van der Waals surface area contributed by atoms with Gasteiger partial charge in [-0.25, -0.2) is 4.98 Å². The van der Waals surface area contributed by atoms with Gasteiger partial charge in [-0.05, 0) is 11.1 Å². The zero-order valence-corrected chi connectivity index (χ0v) is 15.2. The smallest absolute Gasteiger partial charge is 0.265 e. The average Bonchev–Trinajstić information content (AvgIpc) is 3.17. The number of carbonyl (C=O) groups is 2. The third-order valence-corrected chi connectivity index (χ3v) is 4.76. The summed E-state index contributed by atoms with van der Waals surface area (Å²) in [6, 6.07) is 19.2. The Morgan fingerprint density at radius 1 is 1.00 bits per heavy atom. The number of likely N-dealkylation sites (N-methyl/N-ethyl adjacent to an activating group) is 1. The Bertz CT molecular complexity index is 878. The SMILES string of the molecule is CN(C(=O)Cc1ccccc1)c1ncsc1C(=O)NCc1ccccc1. The molecule has 0 spiro atoms. The van der Waals surface area contributed by atoms with Crippen molar-refractivity contribution in [2.75, 3.05) is 11.9 Å².